The lowest BCUT2D eigenvalue weighted by atomic mass is 9.74. The second-order valence-electron chi connectivity index (χ2n) is 11.2. The number of benzene rings is 1. The van der Waals surface area contributed by atoms with E-state index in [1.807, 2.05) is 0 Å². The van der Waals surface area contributed by atoms with E-state index in [9.17, 15) is 37.1 Å². The molecule has 2 aromatic rings. The smallest absolute Gasteiger partial charge is 0.433 e. The molecule has 2 aliphatic rings. The maximum atomic E-state index is 14.5. The van der Waals surface area contributed by atoms with E-state index >= 15 is 0 Å². The molecule has 1 aromatic heterocycles. The molecule has 224 valence electrons. The van der Waals surface area contributed by atoms with E-state index < -0.39 is 69.5 Å². The van der Waals surface area contributed by atoms with Crippen molar-refractivity contribution in [3.8, 4) is 0 Å². The van der Waals surface area contributed by atoms with E-state index in [4.69, 9.17) is 27.9 Å². The monoisotopic (exact) mass is 621 g/mol. The van der Waals surface area contributed by atoms with Gasteiger partial charge in [-0.2, -0.15) is 18.3 Å². The first-order chi connectivity index (χ1) is 19.1. The SMILES string of the molecule is CC1(C(=O)O)CCC(n2ncc(C(=O)N(CC(=O)c3c(Cl)ccc(F)c3Cl)C[C@]3(C)CCCO3)c2C(F)(F)F)CC1. The minimum Gasteiger partial charge on any atom is -0.481 e. The fraction of sp³-hybridized carbons (Fsp3) is 0.556. The number of aliphatic carboxylic acids is 1. The predicted octanol–water partition coefficient (Wildman–Crippen LogP) is 6.45. The standard InChI is InChI=1S/C27H29Cl2F4N3O5/c1-25(24(39)40)9-6-15(7-10-25)36-22(27(31,32)33)16(12-34-36)23(38)35(14-26(2)8-3-11-41-26)13-19(37)20-17(28)4-5-18(30)21(20)29/h4-5,12,15H,3,6-11,13-14H2,1-2H3,(H,39,40)/t15?,25?,26-/m0/s1. The van der Waals surface area contributed by atoms with Crippen molar-refractivity contribution in [3.63, 3.8) is 0 Å². The maximum Gasteiger partial charge on any atom is 0.433 e. The number of aromatic nitrogens is 2. The van der Waals surface area contributed by atoms with Gasteiger partial charge in [-0.3, -0.25) is 19.1 Å². The summed E-state index contributed by atoms with van der Waals surface area (Å²) in [6.45, 7) is 2.62. The normalized spacial score (nSPS) is 24.8. The zero-order valence-corrected chi connectivity index (χ0v) is 23.9. The van der Waals surface area contributed by atoms with E-state index in [-0.39, 0.29) is 42.8 Å². The van der Waals surface area contributed by atoms with E-state index in [2.05, 4.69) is 5.10 Å². The van der Waals surface area contributed by atoms with Crippen LogP contribution in [0.4, 0.5) is 17.6 Å². The predicted molar refractivity (Wildman–Crippen MR) is 141 cm³/mol. The number of ether oxygens (including phenoxy) is 1. The highest BCUT2D eigenvalue weighted by Gasteiger charge is 2.46. The van der Waals surface area contributed by atoms with Gasteiger partial charge in [0.2, 0.25) is 0 Å². The molecular formula is C27H29Cl2F4N3O5. The van der Waals surface area contributed by atoms with Crippen molar-refractivity contribution in [3.05, 3.63) is 51.0 Å². The number of carbonyl (C=O) groups is 3. The summed E-state index contributed by atoms with van der Waals surface area (Å²) < 4.78 is 64.0. The van der Waals surface area contributed by atoms with Crippen molar-refractivity contribution in [2.24, 2.45) is 5.41 Å². The van der Waals surface area contributed by atoms with Gasteiger partial charge >= 0.3 is 12.1 Å². The van der Waals surface area contributed by atoms with Crippen LogP contribution in [0, 0.1) is 11.2 Å². The van der Waals surface area contributed by atoms with Gasteiger partial charge in [-0.1, -0.05) is 23.2 Å². The molecule has 0 radical (unpaired) electrons. The summed E-state index contributed by atoms with van der Waals surface area (Å²) in [5, 5.41) is 12.7. The lowest BCUT2D eigenvalue weighted by Gasteiger charge is -2.35. The van der Waals surface area contributed by atoms with Crippen LogP contribution in [0.3, 0.4) is 0 Å². The zero-order chi connectivity index (χ0) is 30.3. The molecule has 1 N–H and O–H groups in total. The van der Waals surface area contributed by atoms with Crippen molar-refractivity contribution < 1.29 is 41.8 Å². The molecule has 14 heteroatoms. The number of carboxylic acids is 1. The minimum atomic E-state index is -4.99. The van der Waals surface area contributed by atoms with Gasteiger partial charge in [-0.25, -0.2) is 4.39 Å². The Morgan fingerprint density at radius 1 is 1.17 bits per heavy atom. The number of carboxylic acid groups (broad SMARTS) is 1. The molecule has 1 saturated heterocycles. The van der Waals surface area contributed by atoms with Crippen LogP contribution in [0.15, 0.2) is 18.3 Å². The second-order valence-corrected chi connectivity index (χ2v) is 11.9. The Hall–Kier alpha value is -2.70. The summed E-state index contributed by atoms with van der Waals surface area (Å²) in [6, 6.07) is 1.30. The molecule has 2 fully saturated rings. The van der Waals surface area contributed by atoms with Gasteiger partial charge in [0.05, 0.1) is 57.5 Å². The summed E-state index contributed by atoms with van der Waals surface area (Å²) in [4.78, 5) is 39.6. The molecule has 1 amide bonds. The molecule has 0 unspecified atom stereocenters. The van der Waals surface area contributed by atoms with Gasteiger partial charge in [-0.15, -0.1) is 0 Å². The van der Waals surface area contributed by atoms with Crippen LogP contribution in [-0.4, -0.2) is 62.7 Å². The van der Waals surface area contributed by atoms with Crippen LogP contribution in [0.5, 0.6) is 0 Å². The van der Waals surface area contributed by atoms with Gasteiger partial charge in [0, 0.05) is 6.61 Å². The number of rotatable bonds is 8. The molecule has 1 aliphatic heterocycles. The lowest BCUT2D eigenvalue weighted by molar-refractivity contribution is -0.152. The summed E-state index contributed by atoms with van der Waals surface area (Å²) in [5.74, 6) is -3.93. The molecule has 8 nitrogen and oxygen atoms in total. The quantitative estimate of drug-likeness (QED) is 0.206. The number of hydrogen-bond donors (Lipinski definition) is 1. The van der Waals surface area contributed by atoms with Crippen LogP contribution in [0.1, 0.15) is 84.8 Å². The van der Waals surface area contributed by atoms with Crippen molar-refractivity contribution in [2.45, 2.75) is 70.2 Å². The zero-order valence-electron chi connectivity index (χ0n) is 22.4. The Morgan fingerprint density at radius 2 is 1.83 bits per heavy atom. The van der Waals surface area contributed by atoms with Crippen molar-refractivity contribution in [1.29, 1.82) is 0 Å². The first kappa shape index (κ1) is 31.2. The molecule has 0 bridgehead atoms. The topological polar surface area (TPSA) is 102 Å². The van der Waals surface area contributed by atoms with Crippen LogP contribution >= 0.6 is 23.2 Å². The highest BCUT2D eigenvalue weighted by Crippen LogP contribution is 2.43. The van der Waals surface area contributed by atoms with Crippen molar-refractivity contribution >= 4 is 40.9 Å². The Balaban J connectivity index is 1.70. The maximum absolute atomic E-state index is 14.5. The number of alkyl halides is 3. The molecule has 2 heterocycles. The van der Waals surface area contributed by atoms with Crippen molar-refractivity contribution in [1.82, 2.24) is 14.7 Å². The van der Waals surface area contributed by atoms with E-state index in [1.54, 1.807) is 13.8 Å². The molecule has 1 aromatic carbocycles. The van der Waals surface area contributed by atoms with Crippen LogP contribution in [0.2, 0.25) is 10.0 Å². The summed E-state index contributed by atoms with van der Waals surface area (Å²) in [7, 11) is 0. The van der Waals surface area contributed by atoms with Crippen LogP contribution in [-0.2, 0) is 15.7 Å². The number of amides is 1. The van der Waals surface area contributed by atoms with E-state index in [0.29, 0.717) is 19.4 Å². The summed E-state index contributed by atoms with van der Waals surface area (Å²) >= 11 is 12.1. The molecular weight excluding hydrogens is 593 g/mol. The van der Waals surface area contributed by atoms with E-state index in [0.717, 1.165) is 27.9 Å². The third-order valence-corrected chi connectivity index (χ3v) is 8.67. The molecule has 41 heavy (non-hydrogen) atoms. The Bertz CT molecular complexity index is 1350. The first-order valence-corrected chi connectivity index (χ1v) is 13.8. The number of ketones is 1. The minimum absolute atomic E-state index is 0.117. The summed E-state index contributed by atoms with van der Waals surface area (Å²) in [5.41, 5.74) is -4.45. The molecule has 1 aliphatic carbocycles. The van der Waals surface area contributed by atoms with E-state index in [1.165, 1.54) is 0 Å². The average Bonchev–Trinajstić information content (AvgIpc) is 3.53. The van der Waals surface area contributed by atoms with Crippen molar-refractivity contribution in [2.75, 3.05) is 19.7 Å². The number of carbonyl (C=O) groups excluding carboxylic acids is 2. The largest absolute Gasteiger partial charge is 0.481 e. The molecule has 1 saturated carbocycles. The fourth-order valence-corrected chi connectivity index (χ4v) is 6.13. The first-order valence-electron chi connectivity index (χ1n) is 13.0. The lowest BCUT2D eigenvalue weighted by Crippen LogP contribution is -2.46. The summed E-state index contributed by atoms with van der Waals surface area (Å²) in [6.07, 6.45) is -2.53. The Morgan fingerprint density at radius 3 is 2.39 bits per heavy atom. The van der Waals surface area contributed by atoms with Crippen LogP contribution in [0.25, 0.3) is 0 Å². The second kappa shape index (κ2) is 11.5. The average molecular weight is 622 g/mol. The highest BCUT2D eigenvalue weighted by atomic mass is 35.5. The number of hydrogen-bond acceptors (Lipinski definition) is 5. The molecule has 4 rings (SSSR count). The number of halogens is 6. The van der Waals surface area contributed by atoms with Gasteiger partial charge in [0.1, 0.15) is 5.82 Å². The highest BCUT2D eigenvalue weighted by molar-refractivity contribution is 6.40. The van der Waals surface area contributed by atoms with Gasteiger partial charge in [0.25, 0.3) is 5.91 Å². The molecule has 1 atom stereocenters. The van der Waals surface area contributed by atoms with Crippen LogP contribution < -0.4 is 0 Å². The molecule has 0 spiro atoms. The third-order valence-electron chi connectivity index (χ3n) is 7.99. The van der Waals surface area contributed by atoms with Gasteiger partial charge in [-0.05, 0) is 64.5 Å². The van der Waals surface area contributed by atoms with Gasteiger partial charge in [0.15, 0.2) is 11.5 Å². The Kier molecular flexibility index (Phi) is 8.78. The third kappa shape index (κ3) is 6.39. The number of Topliss-reactive ketones (excluding diaryl/α,β-unsaturated/α-hetero) is 1. The Labute approximate surface area is 243 Å². The van der Waals surface area contributed by atoms with Gasteiger partial charge < -0.3 is 14.7 Å². The fourth-order valence-electron chi connectivity index (χ4n) is 5.55. The number of nitrogens with zero attached hydrogens (tertiary/aromatic N) is 3.